The second-order valence-electron chi connectivity index (χ2n) is 20.8. The van der Waals surface area contributed by atoms with Crippen LogP contribution in [0.2, 0.25) is 0 Å². The Morgan fingerprint density at radius 3 is 1.34 bits per heavy atom. The molecule has 25 heteroatoms. The predicted molar refractivity (Wildman–Crippen MR) is 390 cm³/mol. The van der Waals surface area contributed by atoms with Crippen molar-refractivity contribution >= 4 is 146 Å². The number of nitro groups is 1. The van der Waals surface area contributed by atoms with Gasteiger partial charge in [0.2, 0.25) is 0 Å². The third kappa shape index (κ3) is 19.4. The summed E-state index contributed by atoms with van der Waals surface area (Å²) in [7, 11) is 0.833. The maximum Gasteiger partial charge on any atom is 0.534 e. The SMILES string of the molecule is C=Cc1c(C)cc2ncccc2c1Br.COc1c(C)cc2ncccc2c1Br.COc1cc2cccnc2cc1C.COc1ccc(N)cc1C.COc1ccc([N+](=O)[O-])cc1C.Cc1cc2ncccc2c(Br)c1O.Cc1cc2ncccc2c(Br)c1OS(=O)(=O)C(F)(F)F. The number of rotatable bonds is 8. The number of methoxy groups -OCH3 is 4. The van der Waals surface area contributed by atoms with Crippen molar-refractivity contribution in [3.63, 3.8) is 0 Å². The van der Waals surface area contributed by atoms with Crippen LogP contribution < -0.4 is 28.9 Å². The van der Waals surface area contributed by atoms with Crippen molar-refractivity contribution in [1.82, 2.24) is 24.9 Å². The van der Waals surface area contributed by atoms with Crippen LogP contribution in [0, 0.1) is 58.6 Å². The Morgan fingerprint density at radius 2 is 0.896 bits per heavy atom. The molecule has 0 atom stereocenters. The van der Waals surface area contributed by atoms with E-state index in [-0.39, 0.29) is 15.7 Å². The number of phenolic OH excluding ortho intramolecular Hbond substituents is 1. The molecule has 0 unspecified atom stereocenters. The van der Waals surface area contributed by atoms with Gasteiger partial charge in [0.15, 0.2) is 5.75 Å². The number of benzene rings is 7. The van der Waals surface area contributed by atoms with E-state index in [4.69, 9.17) is 24.7 Å². The van der Waals surface area contributed by atoms with E-state index in [2.05, 4.69) is 118 Å². The fourth-order valence-electron chi connectivity index (χ4n) is 9.24. The number of nitrogens with two attached hydrogens (primary N) is 1. The average Bonchev–Trinajstić information content (AvgIpc) is 0.791. The normalized spacial score (nSPS) is 10.7. The van der Waals surface area contributed by atoms with Gasteiger partial charge in [0, 0.05) is 80.2 Å². The average molecular weight is 1590 g/mol. The van der Waals surface area contributed by atoms with Crippen molar-refractivity contribution in [2.75, 3.05) is 34.2 Å². The van der Waals surface area contributed by atoms with Crippen molar-refractivity contribution < 1.29 is 54.7 Å². The van der Waals surface area contributed by atoms with Crippen molar-refractivity contribution in [1.29, 1.82) is 0 Å². The minimum Gasteiger partial charge on any atom is -0.506 e. The van der Waals surface area contributed by atoms with Gasteiger partial charge >= 0.3 is 15.6 Å². The highest BCUT2D eigenvalue weighted by atomic mass is 79.9. The van der Waals surface area contributed by atoms with Crippen LogP contribution in [0.5, 0.6) is 34.5 Å². The topological polar surface area (TPSA) is 234 Å². The van der Waals surface area contributed by atoms with Crippen molar-refractivity contribution in [3.8, 4) is 34.5 Å². The number of aromatic nitrogens is 5. The molecule has 12 aromatic rings. The Bertz CT molecular complexity index is 4900. The first-order valence-electron chi connectivity index (χ1n) is 28.6. The van der Waals surface area contributed by atoms with Gasteiger partial charge in [0.1, 0.15) is 28.7 Å². The molecular formula is C71H66Br4F3N7O10S. The summed E-state index contributed by atoms with van der Waals surface area (Å²) in [4.78, 5) is 31.0. The maximum absolute atomic E-state index is 12.4. The number of pyridine rings is 5. The highest BCUT2D eigenvalue weighted by molar-refractivity contribution is 9.11. The number of aromatic hydroxyl groups is 1. The number of phenols is 1. The molecule has 0 aliphatic heterocycles. The number of anilines is 1. The van der Waals surface area contributed by atoms with Crippen molar-refractivity contribution in [2.45, 2.75) is 54.0 Å². The molecule has 0 saturated carbocycles. The number of alkyl halides is 3. The molecule has 3 N–H and O–H groups in total. The molecule has 0 saturated heterocycles. The number of aryl methyl sites for hydroxylation is 7. The fourth-order valence-corrected chi connectivity index (χ4v) is 12.9. The molecule has 96 heavy (non-hydrogen) atoms. The van der Waals surface area contributed by atoms with Gasteiger partial charge in [-0.25, -0.2) is 0 Å². The molecule has 0 bridgehead atoms. The number of hydrogen-bond acceptors (Lipinski definition) is 16. The molecule has 12 rings (SSSR count). The van der Waals surface area contributed by atoms with Gasteiger partial charge in [-0.15, -0.1) is 0 Å². The van der Waals surface area contributed by atoms with Crippen LogP contribution in [0.25, 0.3) is 60.6 Å². The zero-order valence-electron chi connectivity index (χ0n) is 53.8. The second kappa shape index (κ2) is 34.6. The second-order valence-corrected chi connectivity index (χ2v) is 25.5. The first-order chi connectivity index (χ1) is 45.5. The molecular weight excluding hydrogens is 1520 g/mol. The summed E-state index contributed by atoms with van der Waals surface area (Å²) in [5, 5.41) is 24.7. The Kier molecular flexibility index (Phi) is 27.4. The molecule has 0 radical (unpaired) electrons. The minimum atomic E-state index is -5.71. The van der Waals surface area contributed by atoms with Gasteiger partial charge < -0.3 is 34.0 Å². The van der Waals surface area contributed by atoms with Gasteiger partial charge in [-0.3, -0.25) is 35.0 Å². The van der Waals surface area contributed by atoms with E-state index in [1.54, 1.807) is 65.0 Å². The van der Waals surface area contributed by atoms with Crippen LogP contribution in [0.15, 0.2) is 189 Å². The number of nitrogen functional groups attached to an aromatic ring is 1. The number of fused-ring (bicyclic) bond motifs is 5. The van der Waals surface area contributed by atoms with Gasteiger partial charge in [0.25, 0.3) is 5.69 Å². The number of hydrogen-bond donors (Lipinski definition) is 2. The zero-order chi connectivity index (χ0) is 70.8. The lowest BCUT2D eigenvalue weighted by molar-refractivity contribution is -0.384. The van der Waals surface area contributed by atoms with E-state index in [9.17, 15) is 36.8 Å². The fraction of sp³-hybridized carbons (Fsp3) is 0.169. The van der Waals surface area contributed by atoms with Crippen LogP contribution >= 0.6 is 63.7 Å². The molecule has 0 amide bonds. The maximum atomic E-state index is 12.4. The van der Waals surface area contributed by atoms with Crippen LogP contribution in [0.4, 0.5) is 24.5 Å². The Hall–Kier alpha value is -9.01. The summed E-state index contributed by atoms with van der Waals surface area (Å²) in [6.45, 7) is 16.9. The lowest BCUT2D eigenvalue weighted by Crippen LogP contribution is -2.28. The summed E-state index contributed by atoms with van der Waals surface area (Å²) in [6.07, 6.45) is 10.5. The minimum absolute atomic E-state index is 0.0910. The van der Waals surface area contributed by atoms with Gasteiger partial charge in [-0.2, -0.15) is 21.6 Å². The number of nitrogens with zero attached hydrogens (tertiary/aromatic N) is 6. The number of non-ortho nitro benzene ring substituents is 1. The Labute approximate surface area is 587 Å². The summed E-state index contributed by atoms with van der Waals surface area (Å²) >= 11 is 13.5. The number of nitro benzene ring substituents is 1. The van der Waals surface area contributed by atoms with E-state index in [1.807, 2.05) is 125 Å². The highest BCUT2D eigenvalue weighted by Crippen LogP contribution is 2.40. The van der Waals surface area contributed by atoms with Crippen molar-refractivity contribution in [2.24, 2.45) is 0 Å². The van der Waals surface area contributed by atoms with E-state index < -0.39 is 26.3 Å². The van der Waals surface area contributed by atoms with Crippen LogP contribution in [0.1, 0.15) is 44.5 Å². The molecule has 500 valence electrons. The lowest BCUT2D eigenvalue weighted by Gasteiger charge is -2.14. The molecule has 5 heterocycles. The lowest BCUT2D eigenvalue weighted by atomic mass is 10.1. The van der Waals surface area contributed by atoms with Crippen LogP contribution in [-0.2, 0) is 10.1 Å². The Morgan fingerprint density at radius 1 is 0.500 bits per heavy atom. The molecule has 0 fully saturated rings. The van der Waals surface area contributed by atoms with E-state index in [1.165, 1.54) is 44.0 Å². The Balaban J connectivity index is 0.000000179. The predicted octanol–water partition coefficient (Wildman–Crippen LogP) is 19.9. The highest BCUT2D eigenvalue weighted by Gasteiger charge is 2.49. The van der Waals surface area contributed by atoms with E-state index in [0.717, 1.165) is 113 Å². The van der Waals surface area contributed by atoms with Gasteiger partial charge in [0.05, 0.1) is 74.4 Å². The molecule has 0 aliphatic rings. The molecule has 0 aliphatic carbocycles. The monoisotopic (exact) mass is 1580 g/mol. The third-order valence-corrected chi connectivity index (χ3v) is 18.3. The smallest absolute Gasteiger partial charge is 0.506 e. The zero-order valence-corrected chi connectivity index (χ0v) is 61.0. The molecule has 0 spiro atoms. The van der Waals surface area contributed by atoms with Crippen LogP contribution in [0.3, 0.4) is 0 Å². The quantitative estimate of drug-likeness (QED) is 0.0473. The first-order valence-corrected chi connectivity index (χ1v) is 33.2. The summed E-state index contributed by atoms with van der Waals surface area (Å²) in [6, 6.07) is 40.4. The van der Waals surface area contributed by atoms with Crippen LogP contribution in [-0.4, -0.2) is 77.3 Å². The first kappa shape index (κ1) is 76.0. The van der Waals surface area contributed by atoms with Gasteiger partial charge in [-0.05, 0) is 248 Å². The van der Waals surface area contributed by atoms with E-state index >= 15 is 0 Å². The standard InChI is InChI=1S/C12H10BrN.C11H7BrF3NO3S.C11H10BrNO.C11H11NO.C10H8BrNO.C8H9NO3.C8H11NO/c1-3-9-8(2)7-11-10(12(9)13)5-4-6-14-11;1-6-5-8-7(3-2-4-16-8)9(12)10(6)19-20(17,18)11(13,14)15;1-7-6-9-8(4-3-5-13-9)10(12)11(7)14-2;1-8-6-10-9(4-3-5-12-10)7-11(8)13-2;1-6-5-8-7(3-2-4-12-8)9(11)10(6)13;1-6-5-7(9(10)11)3-4-8(6)12-2;1-6-5-7(9)3-4-8(6)10-2/h3-7H,1H2,2H3;2-5H,1H3;3-6H,1-2H3;3-7H,1-2H3;2-5,13H,1H3;3-5H,1-2H3;3-5H,9H2,1-2H3. The molecule has 7 aromatic carbocycles. The molecule has 17 nitrogen and oxygen atoms in total. The van der Waals surface area contributed by atoms with Crippen molar-refractivity contribution in [3.05, 3.63) is 244 Å². The summed E-state index contributed by atoms with van der Waals surface area (Å²) in [5.74, 6) is 3.24. The third-order valence-electron chi connectivity index (χ3n) is 14.1. The number of ether oxygens (including phenoxy) is 4. The molecule has 5 aromatic heterocycles. The van der Waals surface area contributed by atoms with E-state index in [0.29, 0.717) is 22.4 Å². The summed E-state index contributed by atoms with van der Waals surface area (Å²) < 4.78 is 86.8. The number of halogens is 7. The summed E-state index contributed by atoms with van der Waals surface area (Å²) in [5.41, 5.74) is 12.8. The van der Waals surface area contributed by atoms with Gasteiger partial charge in [-0.1, -0.05) is 43.0 Å². The largest absolute Gasteiger partial charge is 0.534 e.